The van der Waals surface area contributed by atoms with Crippen LogP contribution in [-0.2, 0) is 10.2 Å². The molecule has 0 radical (unpaired) electrons. The maximum absolute atomic E-state index is 12.7. The van der Waals surface area contributed by atoms with Crippen LogP contribution in [0.2, 0.25) is 0 Å². The van der Waals surface area contributed by atoms with E-state index in [0.29, 0.717) is 30.9 Å². The number of nitrogens with two attached hydrogens (primary N) is 1. The minimum absolute atomic E-state index is 0.329. The van der Waals surface area contributed by atoms with Gasteiger partial charge in [-0.3, -0.25) is 0 Å². The Morgan fingerprint density at radius 1 is 1.26 bits per heavy atom. The maximum Gasteiger partial charge on any atom is 0.280 e. The fourth-order valence-corrected chi connectivity index (χ4v) is 4.80. The third-order valence-electron chi connectivity index (χ3n) is 4.44. The number of rotatable bonds is 3. The summed E-state index contributed by atoms with van der Waals surface area (Å²) in [6.07, 6.45) is 3.50. The smallest absolute Gasteiger partial charge is 0.280 e. The van der Waals surface area contributed by atoms with Crippen molar-refractivity contribution in [3.05, 3.63) is 23.8 Å². The molecular weight excluding hydrogens is 314 g/mol. The summed E-state index contributed by atoms with van der Waals surface area (Å²) in [5.74, 6) is 0.696. The Balaban J connectivity index is 1.88. The fraction of sp³-hybridized carbons (Fsp3) is 0.625. The molecule has 1 aromatic carbocycles. The standard InChI is InChI=1S/C16H25N3O3S/c1-16(2)11-14(13-10-12(17)6-7-15(13)22-16)18-23(20,21)19-8-4-3-5-9-19/h6-7,10,14,18H,3-5,8-9,11,17H2,1-2H3. The van der Waals surface area contributed by atoms with E-state index < -0.39 is 15.8 Å². The van der Waals surface area contributed by atoms with Crippen LogP contribution in [0, 0.1) is 0 Å². The van der Waals surface area contributed by atoms with Gasteiger partial charge in [-0.25, -0.2) is 0 Å². The van der Waals surface area contributed by atoms with Gasteiger partial charge in [0.2, 0.25) is 0 Å². The molecule has 1 unspecified atom stereocenters. The van der Waals surface area contributed by atoms with E-state index in [9.17, 15) is 8.42 Å². The van der Waals surface area contributed by atoms with Crippen molar-refractivity contribution >= 4 is 15.9 Å². The largest absolute Gasteiger partial charge is 0.487 e. The van der Waals surface area contributed by atoms with Crippen LogP contribution in [0.4, 0.5) is 5.69 Å². The fourth-order valence-electron chi connectivity index (χ4n) is 3.34. The van der Waals surface area contributed by atoms with Gasteiger partial charge in [0.25, 0.3) is 10.2 Å². The van der Waals surface area contributed by atoms with Crippen molar-refractivity contribution < 1.29 is 13.2 Å². The average Bonchev–Trinajstić information content (AvgIpc) is 2.48. The van der Waals surface area contributed by atoms with Crippen molar-refractivity contribution in [3.8, 4) is 5.75 Å². The van der Waals surface area contributed by atoms with Gasteiger partial charge in [-0.2, -0.15) is 17.4 Å². The number of anilines is 1. The Hall–Kier alpha value is -1.31. The summed E-state index contributed by atoms with van der Waals surface area (Å²) in [5.41, 5.74) is 6.86. The summed E-state index contributed by atoms with van der Waals surface area (Å²) in [5, 5.41) is 0. The summed E-state index contributed by atoms with van der Waals surface area (Å²) >= 11 is 0. The van der Waals surface area contributed by atoms with Crippen LogP contribution in [0.25, 0.3) is 0 Å². The molecule has 0 aromatic heterocycles. The van der Waals surface area contributed by atoms with Crippen LogP contribution in [0.1, 0.15) is 51.1 Å². The minimum atomic E-state index is -3.50. The second-order valence-electron chi connectivity index (χ2n) is 7.00. The van der Waals surface area contributed by atoms with Gasteiger partial charge in [-0.15, -0.1) is 0 Å². The first-order valence-electron chi connectivity index (χ1n) is 8.13. The number of benzene rings is 1. The third kappa shape index (κ3) is 3.62. The van der Waals surface area contributed by atoms with E-state index >= 15 is 0 Å². The van der Waals surface area contributed by atoms with Gasteiger partial charge >= 0.3 is 0 Å². The second-order valence-corrected chi connectivity index (χ2v) is 8.70. The highest BCUT2D eigenvalue weighted by atomic mass is 32.2. The van der Waals surface area contributed by atoms with Crippen LogP contribution >= 0.6 is 0 Å². The molecule has 2 heterocycles. The topological polar surface area (TPSA) is 84.7 Å². The molecular formula is C16H25N3O3S. The van der Waals surface area contributed by atoms with Crippen molar-refractivity contribution in [3.63, 3.8) is 0 Å². The lowest BCUT2D eigenvalue weighted by Crippen LogP contribution is -2.47. The molecule has 1 fully saturated rings. The quantitative estimate of drug-likeness (QED) is 0.827. The second kappa shape index (κ2) is 5.96. The van der Waals surface area contributed by atoms with Crippen molar-refractivity contribution in [1.82, 2.24) is 9.03 Å². The molecule has 2 aliphatic rings. The highest BCUT2D eigenvalue weighted by Gasteiger charge is 2.37. The molecule has 23 heavy (non-hydrogen) atoms. The van der Waals surface area contributed by atoms with Gasteiger partial charge in [0, 0.05) is 30.8 Å². The summed E-state index contributed by atoms with van der Waals surface area (Å²) in [6, 6.07) is 5.06. The zero-order valence-electron chi connectivity index (χ0n) is 13.7. The first-order chi connectivity index (χ1) is 10.8. The van der Waals surface area contributed by atoms with Crippen molar-refractivity contribution in [1.29, 1.82) is 0 Å². The minimum Gasteiger partial charge on any atom is -0.487 e. The van der Waals surface area contributed by atoms with Crippen LogP contribution in [0.15, 0.2) is 18.2 Å². The molecule has 6 nitrogen and oxygen atoms in total. The lowest BCUT2D eigenvalue weighted by atomic mass is 9.90. The number of fused-ring (bicyclic) bond motifs is 1. The summed E-state index contributed by atoms with van der Waals surface area (Å²) in [6.45, 7) is 5.11. The number of hydrogen-bond acceptors (Lipinski definition) is 4. The van der Waals surface area contributed by atoms with Gasteiger partial charge in [-0.05, 0) is 44.9 Å². The predicted molar refractivity (Wildman–Crippen MR) is 90.4 cm³/mol. The summed E-state index contributed by atoms with van der Waals surface area (Å²) in [7, 11) is -3.50. The number of nitrogen functional groups attached to an aromatic ring is 1. The van der Waals surface area contributed by atoms with Crippen LogP contribution in [0.3, 0.4) is 0 Å². The lowest BCUT2D eigenvalue weighted by Gasteiger charge is -2.38. The molecule has 0 saturated carbocycles. The first kappa shape index (κ1) is 16.5. The molecule has 0 bridgehead atoms. The number of piperidine rings is 1. The monoisotopic (exact) mass is 339 g/mol. The molecule has 128 valence electrons. The third-order valence-corrected chi connectivity index (χ3v) is 6.06. The van der Waals surface area contributed by atoms with E-state index in [1.54, 1.807) is 16.4 Å². The zero-order chi connectivity index (χ0) is 16.7. The number of hydrogen-bond donors (Lipinski definition) is 2. The van der Waals surface area contributed by atoms with E-state index in [1.807, 2.05) is 19.9 Å². The first-order valence-corrected chi connectivity index (χ1v) is 9.57. The molecule has 0 aliphatic carbocycles. The zero-order valence-corrected chi connectivity index (χ0v) is 14.5. The number of nitrogens with zero attached hydrogens (tertiary/aromatic N) is 1. The maximum atomic E-state index is 12.7. The van der Waals surface area contributed by atoms with E-state index in [2.05, 4.69) is 4.72 Å². The Morgan fingerprint density at radius 2 is 1.96 bits per heavy atom. The van der Waals surface area contributed by atoms with E-state index in [1.165, 1.54) is 0 Å². The molecule has 7 heteroatoms. The van der Waals surface area contributed by atoms with Crippen molar-refractivity contribution in [2.75, 3.05) is 18.8 Å². The lowest BCUT2D eigenvalue weighted by molar-refractivity contribution is 0.0699. The molecule has 1 atom stereocenters. The van der Waals surface area contributed by atoms with Gasteiger partial charge in [0.05, 0.1) is 6.04 Å². The molecule has 0 amide bonds. The van der Waals surface area contributed by atoms with Gasteiger partial charge in [-0.1, -0.05) is 6.42 Å². The van der Waals surface area contributed by atoms with E-state index in [-0.39, 0.29) is 6.04 Å². The molecule has 3 rings (SSSR count). The molecule has 2 aliphatic heterocycles. The number of ether oxygens (including phenoxy) is 1. The summed E-state index contributed by atoms with van der Waals surface area (Å²) in [4.78, 5) is 0. The molecule has 3 N–H and O–H groups in total. The summed E-state index contributed by atoms with van der Waals surface area (Å²) < 4.78 is 35.8. The van der Waals surface area contributed by atoms with Gasteiger partial charge in [0.15, 0.2) is 0 Å². The Labute approximate surface area is 138 Å². The molecule has 1 aromatic rings. The van der Waals surface area contributed by atoms with Crippen molar-refractivity contribution in [2.45, 2.75) is 51.2 Å². The number of nitrogens with one attached hydrogen (secondary N) is 1. The highest BCUT2D eigenvalue weighted by molar-refractivity contribution is 7.87. The highest BCUT2D eigenvalue weighted by Crippen LogP contribution is 2.40. The van der Waals surface area contributed by atoms with Crippen LogP contribution < -0.4 is 15.2 Å². The molecule has 0 spiro atoms. The van der Waals surface area contributed by atoms with Crippen LogP contribution in [-0.4, -0.2) is 31.4 Å². The Bertz CT molecular complexity index is 682. The van der Waals surface area contributed by atoms with Crippen LogP contribution in [0.5, 0.6) is 5.75 Å². The van der Waals surface area contributed by atoms with E-state index in [0.717, 1.165) is 24.8 Å². The average molecular weight is 339 g/mol. The SMILES string of the molecule is CC1(C)CC(NS(=O)(=O)N2CCCCC2)c2cc(N)ccc2O1. The molecule has 1 saturated heterocycles. The normalized spacial score (nSPS) is 24.7. The van der Waals surface area contributed by atoms with E-state index in [4.69, 9.17) is 10.5 Å². The van der Waals surface area contributed by atoms with Gasteiger partial charge < -0.3 is 10.5 Å². The van der Waals surface area contributed by atoms with Gasteiger partial charge in [0.1, 0.15) is 11.4 Å². The van der Waals surface area contributed by atoms with Crippen molar-refractivity contribution in [2.24, 2.45) is 0 Å². The Morgan fingerprint density at radius 3 is 2.65 bits per heavy atom. The predicted octanol–water partition coefficient (Wildman–Crippen LogP) is 2.19. The Kier molecular flexibility index (Phi) is 4.29.